The Hall–Kier alpha value is -1.99. The number of hydrogen-bond donors (Lipinski definition) is 1. The molecule has 3 rings (SSSR count). The molecule has 0 radical (unpaired) electrons. The smallest absolute Gasteiger partial charge is 0.348 e. The highest BCUT2D eigenvalue weighted by molar-refractivity contribution is 9.10. The third kappa shape index (κ3) is 3.20. The van der Waals surface area contributed by atoms with Crippen LogP contribution in [0, 0.1) is 6.92 Å². The van der Waals surface area contributed by atoms with E-state index in [0.29, 0.717) is 17.3 Å². The van der Waals surface area contributed by atoms with Gasteiger partial charge in [0.05, 0.1) is 12.0 Å². The van der Waals surface area contributed by atoms with Crippen LogP contribution < -0.4 is 5.32 Å². The first-order chi connectivity index (χ1) is 11.1. The molecule has 0 aliphatic carbocycles. The molecule has 0 spiro atoms. The fraction of sp³-hybridized carbons (Fsp3) is 0.188. The van der Waals surface area contributed by atoms with Crippen molar-refractivity contribution in [1.29, 1.82) is 0 Å². The zero-order valence-corrected chi connectivity index (χ0v) is 15.0. The third-order valence-electron chi connectivity index (χ3n) is 3.28. The molecule has 0 aliphatic heterocycles. The number of ether oxygens (including phenoxy) is 1. The van der Waals surface area contributed by atoms with Gasteiger partial charge in [0.15, 0.2) is 0 Å². The summed E-state index contributed by atoms with van der Waals surface area (Å²) in [6.45, 7) is 4.03. The zero-order valence-electron chi connectivity index (χ0n) is 12.6. The topological polar surface area (TPSA) is 64.1 Å². The Balaban J connectivity index is 2.06. The van der Waals surface area contributed by atoms with Crippen LogP contribution in [-0.2, 0) is 4.74 Å². The minimum atomic E-state index is -0.318. The molecule has 1 aromatic carbocycles. The molecule has 0 atom stereocenters. The van der Waals surface area contributed by atoms with Gasteiger partial charge in [-0.2, -0.15) is 0 Å². The molecule has 0 saturated carbocycles. The van der Waals surface area contributed by atoms with Gasteiger partial charge in [-0.1, -0.05) is 22.0 Å². The largest absolute Gasteiger partial charge is 0.462 e. The van der Waals surface area contributed by atoms with Crippen LogP contribution in [0.4, 0.5) is 11.5 Å². The van der Waals surface area contributed by atoms with Crippen LogP contribution in [-0.4, -0.2) is 22.5 Å². The van der Waals surface area contributed by atoms with E-state index < -0.39 is 0 Å². The highest BCUT2D eigenvalue weighted by atomic mass is 79.9. The molecule has 0 unspecified atom stereocenters. The first-order valence-electron chi connectivity index (χ1n) is 7.04. The van der Waals surface area contributed by atoms with Crippen molar-refractivity contribution in [3.63, 3.8) is 0 Å². The van der Waals surface area contributed by atoms with Gasteiger partial charge in [0.25, 0.3) is 0 Å². The van der Waals surface area contributed by atoms with Crippen LogP contribution >= 0.6 is 27.3 Å². The summed E-state index contributed by atoms with van der Waals surface area (Å²) in [5.41, 5.74) is 1.74. The fourth-order valence-electron chi connectivity index (χ4n) is 2.26. The maximum absolute atomic E-state index is 12.1. The average molecular weight is 392 g/mol. The van der Waals surface area contributed by atoms with Crippen molar-refractivity contribution in [1.82, 2.24) is 9.97 Å². The number of rotatable bonds is 4. The number of aryl methyl sites for hydroxylation is 1. The maximum Gasteiger partial charge on any atom is 0.348 e. The molecule has 0 aliphatic rings. The minimum Gasteiger partial charge on any atom is -0.462 e. The van der Waals surface area contributed by atoms with E-state index >= 15 is 0 Å². The number of anilines is 2. The lowest BCUT2D eigenvalue weighted by Crippen LogP contribution is -2.03. The van der Waals surface area contributed by atoms with Gasteiger partial charge in [0, 0.05) is 10.2 Å². The molecule has 2 heterocycles. The lowest BCUT2D eigenvalue weighted by molar-refractivity contribution is 0.0531. The van der Waals surface area contributed by atoms with Crippen molar-refractivity contribution in [3.05, 3.63) is 45.5 Å². The molecule has 0 saturated heterocycles. The molecule has 1 N–H and O–H groups in total. The molecule has 118 valence electrons. The summed E-state index contributed by atoms with van der Waals surface area (Å²) in [6, 6.07) is 7.80. The number of benzene rings is 1. The van der Waals surface area contributed by atoms with Crippen molar-refractivity contribution >= 4 is 55.0 Å². The number of thiophene rings is 1. The lowest BCUT2D eigenvalue weighted by Gasteiger charge is -2.07. The number of hydrogen-bond acceptors (Lipinski definition) is 6. The van der Waals surface area contributed by atoms with E-state index in [4.69, 9.17) is 4.74 Å². The van der Waals surface area contributed by atoms with Crippen LogP contribution in [0.3, 0.4) is 0 Å². The molecule has 0 amide bonds. The monoisotopic (exact) mass is 391 g/mol. The summed E-state index contributed by atoms with van der Waals surface area (Å²) in [5, 5.41) is 4.13. The highest BCUT2D eigenvalue weighted by Crippen LogP contribution is 2.35. The van der Waals surface area contributed by atoms with E-state index in [0.717, 1.165) is 25.9 Å². The Kier molecular flexibility index (Phi) is 4.58. The SMILES string of the molecule is CCOC(=O)c1sc2ncnc(Nc3cccc(Br)c3)c2c1C. The fourth-order valence-corrected chi connectivity index (χ4v) is 3.70. The second-order valence-corrected chi connectivity index (χ2v) is 6.73. The predicted octanol–water partition coefficient (Wildman–Crippen LogP) is 4.68. The molecule has 3 aromatic rings. The van der Waals surface area contributed by atoms with E-state index in [9.17, 15) is 4.79 Å². The standard InChI is InChI=1S/C16H14BrN3O2S/c1-3-22-16(21)13-9(2)12-14(18-8-19-15(12)23-13)20-11-6-4-5-10(17)7-11/h4-8H,3H2,1-2H3,(H,18,19,20). The minimum absolute atomic E-state index is 0.318. The van der Waals surface area contributed by atoms with Gasteiger partial charge < -0.3 is 10.1 Å². The van der Waals surface area contributed by atoms with Crippen LogP contribution in [0.1, 0.15) is 22.2 Å². The van der Waals surface area contributed by atoms with Crippen molar-refractivity contribution in [2.75, 3.05) is 11.9 Å². The Labute approximate surface area is 145 Å². The van der Waals surface area contributed by atoms with Crippen molar-refractivity contribution in [3.8, 4) is 0 Å². The molecule has 23 heavy (non-hydrogen) atoms. The second kappa shape index (κ2) is 6.64. The van der Waals surface area contributed by atoms with Gasteiger partial charge in [-0.25, -0.2) is 14.8 Å². The predicted molar refractivity (Wildman–Crippen MR) is 95.5 cm³/mol. The number of halogens is 1. The second-order valence-electron chi connectivity index (χ2n) is 4.81. The number of carbonyl (C=O) groups is 1. The van der Waals surface area contributed by atoms with Crippen molar-refractivity contribution < 1.29 is 9.53 Å². The van der Waals surface area contributed by atoms with E-state index in [1.165, 1.54) is 17.7 Å². The van der Waals surface area contributed by atoms with Gasteiger partial charge in [0.2, 0.25) is 0 Å². The zero-order chi connectivity index (χ0) is 16.4. The van der Waals surface area contributed by atoms with Crippen LogP contribution in [0.2, 0.25) is 0 Å². The Morgan fingerprint density at radius 1 is 1.39 bits per heavy atom. The number of nitrogens with zero attached hydrogens (tertiary/aromatic N) is 2. The summed E-state index contributed by atoms with van der Waals surface area (Å²) in [5.74, 6) is 0.360. The summed E-state index contributed by atoms with van der Waals surface area (Å²) < 4.78 is 6.08. The quantitative estimate of drug-likeness (QED) is 0.653. The Morgan fingerprint density at radius 3 is 2.96 bits per heavy atom. The molecule has 0 bridgehead atoms. The summed E-state index contributed by atoms with van der Waals surface area (Å²) in [6.07, 6.45) is 1.49. The molecule has 2 aromatic heterocycles. The number of carbonyl (C=O) groups excluding carboxylic acids is 1. The van der Waals surface area contributed by atoms with Gasteiger partial charge in [-0.3, -0.25) is 0 Å². The molecular weight excluding hydrogens is 378 g/mol. The summed E-state index contributed by atoms with van der Waals surface area (Å²) in [7, 11) is 0. The first kappa shape index (κ1) is 15.9. The average Bonchev–Trinajstić information content (AvgIpc) is 2.86. The van der Waals surface area contributed by atoms with Crippen LogP contribution in [0.25, 0.3) is 10.2 Å². The van der Waals surface area contributed by atoms with Crippen molar-refractivity contribution in [2.24, 2.45) is 0 Å². The molecular formula is C16H14BrN3O2S. The summed E-state index contributed by atoms with van der Waals surface area (Å²) >= 11 is 4.77. The Morgan fingerprint density at radius 2 is 2.22 bits per heavy atom. The number of esters is 1. The van der Waals surface area contributed by atoms with Gasteiger partial charge >= 0.3 is 5.97 Å². The van der Waals surface area contributed by atoms with Gasteiger partial charge in [0.1, 0.15) is 21.9 Å². The first-order valence-corrected chi connectivity index (χ1v) is 8.65. The van der Waals surface area contributed by atoms with E-state index in [2.05, 4.69) is 31.2 Å². The number of fused-ring (bicyclic) bond motifs is 1. The van der Waals surface area contributed by atoms with E-state index in [1.807, 2.05) is 31.2 Å². The highest BCUT2D eigenvalue weighted by Gasteiger charge is 2.20. The van der Waals surface area contributed by atoms with Gasteiger partial charge in [-0.05, 0) is 37.6 Å². The van der Waals surface area contributed by atoms with Gasteiger partial charge in [-0.15, -0.1) is 11.3 Å². The molecule has 5 nitrogen and oxygen atoms in total. The Bertz CT molecular complexity index is 879. The summed E-state index contributed by atoms with van der Waals surface area (Å²) in [4.78, 5) is 22.0. The van der Waals surface area contributed by atoms with Crippen LogP contribution in [0.5, 0.6) is 0 Å². The molecule has 7 heteroatoms. The van der Waals surface area contributed by atoms with E-state index in [-0.39, 0.29) is 5.97 Å². The molecule has 0 fully saturated rings. The van der Waals surface area contributed by atoms with Crippen LogP contribution in [0.15, 0.2) is 35.1 Å². The van der Waals surface area contributed by atoms with E-state index in [1.54, 1.807) is 6.92 Å². The maximum atomic E-state index is 12.1. The van der Waals surface area contributed by atoms with Crippen molar-refractivity contribution in [2.45, 2.75) is 13.8 Å². The number of aromatic nitrogens is 2. The normalized spacial score (nSPS) is 10.7. The third-order valence-corrected chi connectivity index (χ3v) is 4.95. The number of nitrogens with one attached hydrogen (secondary N) is 1. The lowest BCUT2D eigenvalue weighted by atomic mass is 10.2.